The van der Waals surface area contributed by atoms with Crippen molar-refractivity contribution in [3.63, 3.8) is 0 Å². The first kappa shape index (κ1) is 9.19. The summed E-state index contributed by atoms with van der Waals surface area (Å²) in [4.78, 5) is 17.1. The van der Waals surface area contributed by atoms with Crippen LogP contribution in [0.15, 0.2) is 18.3 Å². The number of aromatic nitrogens is 1. The average Bonchev–Trinajstić information content (AvgIpc) is 2.99. The van der Waals surface area contributed by atoms with Gasteiger partial charge in [-0.05, 0) is 24.5 Å². The average molecular weight is 190 g/mol. The molecule has 0 spiro atoms. The summed E-state index contributed by atoms with van der Waals surface area (Å²) in [5.74, 6) is 0.926. The normalized spacial score (nSPS) is 17.6. The number of pyridine rings is 1. The summed E-state index contributed by atoms with van der Waals surface area (Å²) in [6.45, 7) is 0. The van der Waals surface area contributed by atoms with Crippen LogP contribution in [0.2, 0.25) is 0 Å². The van der Waals surface area contributed by atoms with Crippen molar-refractivity contribution in [2.24, 2.45) is 0 Å². The van der Waals surface area contributed by atoms with Crippen LogP contribution in [0.25, 0.3) is 0 Å². The minimum Gasteiger partial charge on any atom is -0.363 e. The first-order valence-electron chi connectivity index (χ1n) is 4.78. The van der Waals surface area contributed by atoms with E-state index in [1.807, 2.05) is 37.3 Å². The monoisotopic (exact) mass is 190 g/mol. The molecule has 0 saturated heterocycles. The van der Waals surface area contributed by atoms with Crippen LogP contribution in [0.1, 0.15) is 18.4 Å². The van der Waals surface area contributed by atoms with Crippen molar-refractivity contribution in [2.75, 3.05) is 19.0 Å². The van der Waals surface area contributed by atoms with Crippen LogP contribution in [0.3, 0.4) is 0 Å². The second-order valence-electron chi connectivity index (χ2n) is 4.07. The molecule has 1 heterocycles. The number of hydrogen-bond donors (Lipinski definition) is 0. The molecule has 0 unspecified atom stereocenters. The van der Waals surface area contributed by atoms with E-state index in [-0.39, 0.29) is 5.41 Å². The van der Waals surface area contributed by atoms with Gasteiger partial charge in [0.25, 0.3) is 0 Å². The van der Waals surface area contributed by atoms with E-state index in [2.05, 4.69) is 4.98 Å². The van der Waals surface area contributed by atoms with Crippen molar-refractivity contribution in [1.82, 2.24) is 4.98 Å². The third kappa shape index (κ3) is 1.39. The van der Waals surface area contributed by atoms with E-state index in [0.717, 1.165) is 30.5 Å². The highest BCUT2D eigenvalue weighted by atomic mass is 16.1. The molecule has 0 atom stereocenters. The lowest BCUT2D eigenvalue weighted by Crippen LogP contribution is -2.12. The molecule has 0 aliphatic heterocycles. The largest absolute Gasteiger partial charge is 0.363 e. The van der Waals surface area contributed by atoms with Crippen molar-refractivity contribution in [3.8, 4) is 0 Å². The second-order valence-corrected chi connectivity index (χ2v) is 4.07. The Bertz CT molecular complexity index is 339. The first-order chi connectivity index (χ1) is 6.68. The number of rotatable bonds is 3. The van der Waals surface area contributed by atoms with E-state index in [9.17, 15) is 4.79 Å². The number of hydrogen-bond acceptors (Lipinski definition) is 3. The number of carbonyl (C=O) groups is 1. The number of carbonyl (C=O) groups excluding carboxylic acids is 1. The lowest BCUT2D eigenvalue weighted by Gasteiger charge is -2.12. The molecule has 1 fully saturated rings. The minimum absolute atomic E-state index is 0.197. The van der Waals surface area contributed by atoms with Gasteiger partial charge in [-0.15, -0.1) is 0 Å². The standard InChI is InChI=1S/C11H14N2O/c1-13(2)10-4-3-9(7-12-10)11(8-14)5-6-11/h3-4,7-8H,5-6H2,1-2H3. The molecule has 0 aromatic carbocycles. The van der Waals surface area contributed by atoms with E-state index < -0.39 is 0 Å². The Balaban J connectivity index is 2.26. The molecule has 2 rings (SSSR count). The molecule has 14 heavy (non-hydrogen) atoms. The molecule has 3 nitrogen and oxygen atoms in total. The quantitative estimate of drug-likeness (QED) is 0.675. The Kier molecular flexibility index (Phi) is 2.02. The van der Waals surface area contributed by atoms with Gasteiger partial charge in [0.05, 0.1) is 5.41 Å². The van der Waals surface area contributed by atoms with Crippen molar-refractivity contribution in [1.29, 1.82) is 0 Å². The van der Waals surface area contributed by atoms with Gasteiger partial charge in [0.1, 0.15) is 12.1 Å². The van der Waals surface area contributed by atoms with Gasteiger partial charge in [0.15, 0.2) is 0 Å². The fraction of sp³-hybridized carbons (Fsp3) is 0.455. The molecule has 0 radical (unpaired) electrons. The lowest BCUT2D eigenvalue weighted by molar-refractivity contribution is -0.109. The number of anilines is 1. The van der Waals surface area contributed by atoms with Gasteiger partial charge >= 0.3 is 0 Å². The summed E-state index contributed by atoms with van der Waals surface area (Å²) >= 11 is 0. The van der Waals surface area contributed by atoms with Crippen LogP contribution >= 0.6 is 0 Å². The van der Waals surface area contributed by atoms with Gasteiger partial charge in [0.2, 0.25) is 0 Å². The molecule has 1 aromatic rings. The second kappa shape index (κ2) is 3.08. The molecule has 1 aromatic heterocycles. The summed E-state index contributed by atoms with van der Waals surface area (Å²) in [5, 5.41) is 0. The molecule has 0 bridgehead atoms. The van der Waals surface area contributed by atoms with Crippen molar-refractivity contribution < 1.29 is 4.79 Å². The number of aldehydes is 1. The Morgan fingerprint density at radius 2 is 2.14 bits per heavy atom. The van der Waals surface area contributed by atoms with Gasteiger partial charge in [-0.25, -0.2) is 4.98 Å². The van der Waals surface area contributed by atoms with Gasteiger partial charge < -0.3 is 9.69 Å². The summed E-state index contributed by atoms with van der Waals surface area (Å²) < 4.78 is 0. The summed E-state index contributed by atoms with van der Waals surface area (Å²) in [7, 11) is 3.91. The van der Waals surface area contributed by atoms with Crippen LogP contribution in [-0.4, -0.2) is 25.4 Å². The highest BCUT2D eigenvalue weighted by Crippen LogP contribution is 2.45. The third-order valence-corrected chi connectivity index (χ3v) is 2.80. The van der Waals surface area contributed by atoms with E-state index in [0.29, 0.717) is 0 Å². The maximum atomic E-state index is 10.9. The topological polar surface area (TPSA) is 33.2 Å². The Labute approximate surface area is 83.8 Å². The van der Waals surface area contributed by atoms with Crippen LogP contribution in [-0.2, 0) is 10.2 Å². The van der Waals surface area contributed by atoms with Gasteiger partial charge in [-0.1, -0.05) is 6.07 Å². The van der Waals surface area contributed by atoms with Crippen LogP contribution in [0.4, 0.5) is 5.82 Å². The lowest BCUT2D eigenvalue weighted by atomic mass is 10.00. The van der Waals surface area contributed by atoms with Gasteiger partial charge in [-0.3, -0.25) is 0 Å². The minimum atomic E-state index is -0.197. The molecule has 1 saturated carbocycles. The van der Waals surface area contributed by atoms with E-state index in [1.165, 1.54) is 0 Å². The van der Waals surface area contributed by atoms with Crippen molar-refractivity contribution >= 4 is 12.1 Å². The van der Waals surface area contributed by atoms with Gasteiger partial charge in [-0.2, -0.15) is 0 Å². The molecule has 1 aliphatic carbocycles. The molecular formula is C11H14N2O. The summed E-state index contributed by atoms with van der Waals surface area (Å²) in [5.41, 5.74) is 0.857. The summed E-state index contributed by atoms with van der Waals surface area (Å²) in [6, 6.07) is 3.96. The fourth-order valence-corrected chi connectivity index (χ4v) is 1.55. The zero-order valence-corrected chi connectivity index (χ0v) is 8.53. The van der Waals surface area contributed by atoms with E-state index >= 15 is 0 Å². The van der Waals surface area contributed by atoms with Crippen molar-refractivity contribution in [3.05, 3.63) is 23.9 Å². The predicted octanol–water partition coefficient (Wildman–Crippen LogP) is 1.38. The molecule has 3 heteroatoms. The molecule has 0 N–H and O–H groups in total. The van der Waals surface area contributed by atoms with Crippen LogP contribution < -0.4 is 4.90 Å². The maximum absolute atomic E-state index is 10.9. The zero-order valence-electron chi connectivity index (χ0n) is 8.53. The molecule has 0 amide bonds. The van der Waals surface area contributed by atoms with Crippen LogP contribution in [0, 0.1) is 0 Å². The third-order valence-electron chi connectivity index (χ3n) is 2.80. The first-order valence-corrected chi connectivity index (χ1v) is 4.78. The fourth-order valence-electron chi connectivity index (χ4n) is 1.55. The highest BCUT2D eigenvalue weighted by Gasteiger charge is 2.44. The SMILES string of the molecule is CN(C)c1ccc(C2(C=O)CC2)cn1. The summed E-state index contributed by atoms with van der Waals surface area (Å²) in [6.07, 6.45) is 4.81. The molecular weight excluding hydrogens is 176 g/mol. The molecule has 1 aliphatic rings. The van der Waals surface area contributed by atoms with Crippen molar-refractivity contribution in [2.45, 2.75) is 18.3 Å². The Hall–Kier alpha value is -1.38. The Morgan fingerprint density at radius 1 is 1.43 bits per heavy atom. The highest BCUT2D eigenvalue weighted by molar-refractivity contribution is 5.73. The Morgan fingerprint density at radius 3 is 2.50 bits per heavy atom. The maximum Gasteiger partial charge on any atom is 0.130 e. The van der Waals surface area contributed by atoms with Crippen LogP contribution in [0.5, 0.6) is 0 Å². The zero-order chi connectivity index (χ0) is 10.2. The predicted molar refractivity (Wildman–Crippen MR) is 55.5 cm³/mol. The number of nitrogens with zero attached hydrogens (tertiary/aromatic N) is 2. The van der Waals surface area contributed by atoms with Gasteiger partial charge in [0, 0.05) is 20.3 Å². The van der Waals surface area contributed by atoms with E-state index in [4.69, 9.17) is 0 Å². The molecule has 74 valence electrons. The van der Waals surface area contributed by atoms with E-state index in [1.54, 1.807) is 0 Å². The smallest absolute Gasteiger partial charge is 0.130 e.